The predicted molar refractivity (Wildman–Crippen MR) is 43.6 cm³/mol. The van der Waals surface area contributed by atoms with Gasteiger partial charge in [-0.1, -0.05) is 10.2 Å². The highest BCUT2D eigenvalue weighted by atomic mass is 19.4. The van der Waals surface area contributed by atoms with Gasteiger partial charge < -0.3 is 9.53 Å². The number of aldehydes is 1. The summed E-state index contributed by atoms with van der Waals surface area (Å²) in [5.74, 6) is -3.73. The Morgan fingerprint density at radius 2 is 2.00 bits per heavy atom. The highest BCUT2D eigenvalue weighted by Crippen LogP contribution is 2.29. The van der Waals surface area contributed by atoms with Crippen LogP contribution in [0.4, 0.5) is 13.2 Å². The zero-order valence-corrected chi connectivity index (χ0v) is 8.15. The Bertz CT molecular complexity index is 227. The second-order valence-corrected chi connectivity index (χ2v) is 2.32. The molecule has 1 atom stereocenters. The van der Waals surface area contributed by atoms with E-state index in [0.29, 0.717) is 0 Å². The van der Waals surface area contributed by atoms with Crippen LogP contribution in [0.15, 0.2) is 0 Å². The SMILES string of the molecule is CCOC(=O)C(CC=O)C(F)(F)F.O=[O+][O-]. The maximum absolute atomic E-state index is 12.0. The van der Waals surface area contributed by atoms with E-state index in [0.717, 1.165) is 0 Å². The van der Waals surface area contributed by atoms with Gasteiger partial charge in [0.25, 0.3) is 0 Å². The monoisotopic (exact) mass is 246 g/mol. The van der Waals surface area contributed by atoms with Crippen LogP contribution in [0.2, 0.25) is 0 Å². The Balaban J connectivity index is 0. The van der Waals surface area contributed by atoms with E-state index < -0.39 is 24.5 Å². The molecule has 0 saturated heterocycles. The van der Waals surface area contributed by atoms with E-state index in [4.69, 9.17) is 10.2 Å². The lowest BCUT2D eigenvalue weighted by molar-refractivity contribution is -0.284. The molecule has 1 unspecified atom stereocenters. The van der Waals surface area contributed by atoms with Crippen molar-refractivity contribution in [3.05, 3.63) is 9.71 Å². The second kappa shape index (κ2) is 8.62. The summed E-state index contributed by atoms with van der Waals surface area (Å²) in [4.78, 5) is 28.4. The summed E-state index contributed by atoms with van der Waals surface area (Å²) in [6, 6.07) is 0. The number of carbonyl (C=O) groups excluding carboxylic acids is 2. The van der Waals surface area contributed by atoms with Crippen molar-refractivity contribution in [2.45, 2.75) is 19.5 Å². The van der Waals surface area contributed by atoms with Crippen LogP contribution >= 0.6 is 0 Å². The molecule has 0 N–H and O–H groups in total. The summed E-state index contributed by atoms with van der Waals surface area (Å²) in [6.07, 6.45) is -5.55. The molecule has 0 fully saturated rings. The van der Waals surface area contributed by atoms with E-state index in [-0.39, 0.29) is 12.9 Å². The van der Waals surface area contributed by atoms with Crippen molar-refractivity contribution in [2.24, 2.45) is 5.92 Å². The molecule has 0 bridgehead atoms. The quantitative estimate of drug-likeness (QED) is 0.232. The van der Waals surface area contributed by atoms with Gasteiger partial charge in [0.15, 0.2) is 10.7 Å². The molecule has 6 nitrogen and oxygen atoms in total. The van der Waals surface area contributed by atoms with E-state index in [1.807, 2.05) is 0 Å². The summed E-state index contributed by atoms with van der Waals surface area (Å²) >= 11 is 0. The molecule has 0 aromatic rings. The van der Waals surface area contributed by atoms with E-state index in [9.17, 15) is 22.8 Å². The van der Waals surface area contributed by atoms with Crippen LogP contribution in [0.1, 0.15) is 13.3 Å². The fourth-order valence-electron chi connectivity index (χ4n) is 0.703. The van der Waals surface area contributed by atoms with Crippen molar-refractivity contribution >= 4 is 12.3 Å². The fraction of sp³-hybridized carbons (Fsp3) is 0.714. The molecule has 0 aliphatic heterocycles. The molecule has 0 radical (unpaired) electrons. The molecule has 0 aliphatic carbocycles. The summed E-state index contributed by atoms with van der Waals surface area (Å²) in [6.45, 7) is 1.26. The minimum Gasteiger partial charge on any atom is -0.466 e. The van der Waals surface area contributed by atoms with Crippen molar-refractivity contribution in [1.82, 2.24) is 0 Å². The van der Waals surface area contributed by atoms with E-state index in [1.165, 1.54) is 6.92 Å². The molecule has 0 aromatic carbocycles. The molecular formula is C7H9F3O6. The van der Waals surface area contributed by atoms with Crippen molar-refractivity contribution in [3.8, 4) is 0 Å². The standard InChI is InChI=1S/C7H9F3O3.O3/c1-2-13-6(12)5(3-4-11)7(8,9)10;1-3-2/h4-5H,2-3H2,1H3;. The lowest BCUT2D eigenvalue weighted by Gasteiger charge is -2.15. The first-order chi connectivity index (χ1) is 7.34. The maximum atomic E-state index is 12.0. The summed E-state index contributed by atoms with van der Waals surface area (Å²) in [7, 11) is 0. The van der Waals surface area contributed by atoms with Gasteiger partial charge in [-0.3, -0.25) is 4.79 Å². The van der Waals surface area contributed by atoms with Crippen LogP contribution in [-0.4, -0.2) is 25.0 Å². The first-order valence-electron chi connectivity index (χ1n) is 3.93. The summed E-state index contributed by atoms with van der Waals surface area (Å²) in [5, 5.41) is 7.88. The lowest BCUT2D eigenvalue weighted by Crippen LogP contribution is -2.32. The zero-order valence-electron chi connectivity index (χ0n) is 8.15. The molecule has 94 valence electrons. The second-order valence-electron chi connectivity index (χ2n) is 2.32. The third kappa shape index (κ3) is 7.71. The van der Waals surface area contributed by atoms with Gasteiger partial charge in [-0.05, 0) is 6.92 Å². The number of hydrogen-bond acceptors (Lipinski definition) is 5. The highest BCUT2D eigenvalue weighted by Gasteiger charge is 2.45. The van der Waals surface area contributed by atoms with Gasteiger partial charge in [0.05, 0.1) is 6.61 Å². The normalized spacial score (nSPS) is 11.8. The first kappa shape index (κ1) is 16.7. The number of rotatable bonds is 4. The molecule has 0 spiro atoms. The van der Waals surface area contributed by atoms with Crippen LogP contribution in [0.3, 0.4) is 0 Å². The third-order valence-electron chi connectivity index (χ3n) is 1.30. The Kier molecular flexibility index (Phi) is 9.03. The first-order valence-corrected chi connectivity index (χ1v) is 3.93. The average Bonchev–Trinajstić information content (AvgIpc) is 2.13. The highest BCUT2D eigenvalue weighted by molar-refractivity contribution is 5.76. The van der Waals surface area contributed by atoms with Crippen LogP contribution in [0.25, 0.3) is 0 Å². The number of hydrogen-bond donors (Lipinski definition) is 0. The van der Waals surface area contributed by atoms with Crippen LogP contribution in [-0.2, 0) is 14.3 Å². The minimum atomic E-state index is -4.72. The van der Waals surface area contributed by atoms with E-state index >= 15 is 0 Å². The van der Waals surface area contributed by atoms with Gasteiger partial charge in [-0.25, -0.2) is 0 Å². The molecule has 0 aliphatic rings. The summed E-state index contributed by atoms with van der Waals surface area (Å²) < 4.78 is 42.0. The maximum Gasteiger partial charge on any atom is 0.402 e. The topological polar surface area (TPSA) is 94.8 Å². The Morgan fingerprint density at radius 1 is 1.56 bits per heavy atom. The van der Waals surface area contributed by atoms with Crippen molar-refractivity contribution in [3.63, 3.8) is 0 Å². The van der Waals surface area contributed by atoms with E-state index in [1.54, 1.807) is 4.75 Å². The van der Waals surface area contributed by atoms with Crippen molar-refractivity contribution in [1.29, 1.82) is 0 Å². The molecule has 0 saturated carbocycles. The Morgan fingerprint density at radius 3 is 2.25 bits per heavy atom. The molecule has 0 aromatic heterocycles. The molecule has 0 rings (SSSR count). The smallest absolute Gasteiger partial charge is 0.402 e. The van der Waals surface area contributed by atoms with Crippen molar-refractivity contribution in [2.75, 3.05) is 6.61 Å². The van der Waals surface area contributed by atoms with Gasteiger partial charge in [0.2, 0.25) is 0 Å². The molecular weight excluding hydrogens is 237 g/mol. The fourth-order valence-corrected chi connectivity index (χ4v) is 0.703. The largest absolute Gasteiger partial charge is 0.466 e. The van der Waals surface area contributed by atoms with Crippen LogP contribution < -0.4 is 5.26 Å². The van der Waals surface area contributed by atoms with Gasteiger partial charge in [0, 0.05) is 6.42 Å². The zero-order chi connectivity index (χ0) is 13.2. The molecule has 0 amide bonds. The molecule has 9 heteroatoms. The lowest BCUT2D eigenvalue weighted by atomic mass is 10.1. The predicted octanol–water partition coefficient (Wildman–Crippen LogP) is 0.195. The molecule has 0 heterocycles. The van der Waals surface area contributed by atoms with Gasteiger partial charge in [0.1, 0.15) is 6.29 Å². The van der Waals surface area contributed by atoms with Crippen LogP contribution in [0.5, 0.6) is 0 Å². The Labute approximate surface area is 87.8 Å². The van der Waals surface area contributed by atoms with Crippen LogP contribution in [0, 0.1) is 15.6 Å². The Hall–Kier alpha value is -1.67. The van der Waals surface area contributed by atoms with E-state index in [2.05, 4.69) is 4.74 Å². The van der Waals surface area contributed by atoms with Gasteiger partial charge >= 0.3 is 12.1 Å². The third-order valence-corrected chi connectivity index (χ3v) is 1.30. The molecule has 16 heavy (non-hydrogen) atoms. The number of halogens is 3. The minimum absolute atomic E-state index is 0.0507. The number of esters is 1. The average molecular weight is 246 g/mol. The van der Waals surface area contributed by atoms with Gasteiger partial charge in [-0.2, -0.15) is 13.2 Å². The summed E-state index contributed by atoms with van der Waals surface area (Å²) in [5.41, 5.74) is 0. The number of alkyl halides is 3. The van der Waals surface area contributed by atoms with Crippen molar-refractivity contribution < 1.29 is 32.8 Å². The van der Waals surface area contributed by atoms with Gasteiger partial charge in [-0.15, -0.1) is 0 Å². The number of carbonyl (C=O) groups is 2. The number of ether oxygens (including phenoxy) is 1.